The minimum absolute atomic E-state index is 0.0215. The summed E-state index contributed by atoms with van der Waals surface area (Å²) in [4.78, 5) is 23.4. The number of rotatable bonds is 3. The van der Waals surface area contributed by atoms with E-state index < -0.39 is 0 Å². The van der Waals surface area contributed by atoms with Gasteiger partial charge in [-0.05, 0) is 29.8 Å². The molecule has 0 aliphatic rings. The molecule has 0 unspecified atom stereocenters. The first kappa shape index (κ1) is 15.3. The van der Waals surface area contributed by atoms with Crippen molar-refractivity contribution < 1.29 is 4.79 Å². The first-order valence-corrected chi connectivity index (χ1v) is 8.15. The van der Waals surface area contributed by atoms with Gasteiger partial charge in [0.15, 0.2) is 0 Å². The molecule has 0 spiro atoms. The number of nitrogens with zero attached hydrogens (tertiary/aromatic N) is 3. The lowest BCUT2D eigenvalue weighted by Crippen LogP contribution is -2.26. The fourth-order valence-electron chi connectivity index (χ4n) is 3.04. The fraction of sp³-hybridized carbons (Fsp3) is 0.0952. The Balaban J connectivity index is 1.63. The van der Waals surface area contributed by atoms with Crippen molar-refractivity contribution in [3.05, 3.63) is 84.2 Å². The standard InChI is InChI=1S/C21H17N3O/c1-24(14-15-12-16-6-2-4-8-19(16)23-13-15)21(25)18-10-11-22-20-9-5-3-7-17(18)20/h2-13H,14H2,1H3. The maximum absolute atomic E-state index is 12.9. The highest BCUT2D eigenvalue weighted by molar-refractivity contribution is 6.05. The largest absolute Gasteiger partial charge is 0.337 e. The van der Waals surface area contributed by atoms with Gasteiger partial charge in [0, 0.05) is 36.8 Å². The average Bonchev–Trinajstić information content (AvgIpc) is 2.67. The monoisotopic (exact) mass is 327 g/mol. The highest BCUT2D eigenvalue weighted by Crippen LogP contribution is 2.19. The van der Waals surface area contributed by atoms with E-state index in [1.165, 1.54) is 0 Å². The highest BCUT2D eigenvalue weighted by Gasteiger charge is 2.15. The second-order valence-corrected chi connectivity index (χ2v) is 6.07. The highest BCUT2D eigenvalue weighted by atomic mass is 16.2. The second kappa shape index (κ2) is 6.32. The normalized spacial score (nSPS) is 10.9. The predicted molar refractivity (Wildman–Crippen MR) is 99.3 cm³/mol. The Kier molecular flexibility index (Phi) is 3.86. The van der Waals surface area contributed by atoms with Gasteiger partial charge in [-0.25, -0.2) is 0 Å². The molecular formula is C21H17N3O. The van der Waals surface area contributed by atoms with Crippen LogP contribution in [0, 0.1) is 0 Å². The predicted octanol–water partition coefficient (Wildman–Crippen LogP) is 4.06. The van der Waals surface area contributed by atoms with Gasteiger partial charge in [-0.1, -0.05) is 36.4 Å². The van der Waals surface area contributed by atoms with Crippen LogP contribution in [0.4, 0.5) is 0 Å². The maximum atomic E-state index is 12.9. The molecule has 1 amide bonds. The van der Waals surface area contributed by atoms with E-state index in [-0.39, 0.29) is 5.91 Å². The Hall–Kier alpha value is -3.27. The number of para-hydroxylation sites is 2. The summed E-state index contributed by atoms with van der Waals surface area (Å²) in [5.74, 6) is -0.0215. The molecule has 0 atom stereocenters. The number of hydrogen-bond acceptors (Lipinski definition) is 3. The van der Waals surface area contributed by atoms with Crippen LogP contribution >= 0.6 is 0 Å². The van der Waals surface area contributed by atoms with Crippen LogP contribution in [0.15, 0.2) is 73.1 Å². The molecule has 0 saturated carbocycles. The van der Waals surface area contributed by atoms with Gasteiger partial charge in [0.25, 0.3) is 5.91 Å². The van der Waals surface area contributed by atoms with E-state index in [1.807, 2.05) is 61.8 Å². The number of carbonyl (C=O) groups is 1. The summed E-state index contributed by atoms with van der Waals surface area (Å²) in [6, 6.07) is 19.5. The summed E-state index contributed by atoms with van der Waals surface area (Å²) in [7, 11) is 1.81. The van der Waals surface area contributed by atoms with Crippen molar-refractivity contribution >= 4 is 27.7 Å². The van der Waals surface area contributed by atoms with Crippen LogP contribution in [-0.4, -0.2) is 27.8 Å². The Morgan fingerprint density at radius 3 is 2.60 bits per heavy atom. The van der Waals surface area contributed by atoms with Crippen LogP contribution in [0.1, 0.15) is 15.9 Å². The van der Waals surface area contributed by atoms with Crippen LogP contribution in [0.5, 0.6) is 0 Å². The van der Waals surface area contributed by atoms with Crippen LogP contribution in [0.25, 0.3) is 21.8 Å². The molecule has 4 nitrogen and oxygen atoms in total. The van der Waals surface area contributed by atoms with Crippen LogP contribution in [0.2, 0.25) is 0 Å². The average molecular weight is 327 g/mol. The third-order valence-electron chi connectivity index (χ3n) is 4.29. The SMILES string of the molecule is CN(Cc1cnc2ccccc2c1)C(=O)c1ccnc2ccccc12. The molecule has 0 aliphatic carbocycles. The molecule has 0 radical (unpaired) electrons. The van der Waals surface area contributed by atoms with Crippen molar-refractivity contribution in [3.63, 3.8) is 0 Å². The van der Waals surface area contributed by atoms with Crippen LogP contribution in [-0.2, 0) is 6.54 Å². The second-order valence-electron chi connectivity index (χ2n) is 6.07. The number of carbonyl (C=O) groups excluding carboxylic acids is 1. The minimum Gasteiger partial charge on any atom is -0.337 e. The number of pyridine rings is 2. The molecule has 0 bridgehead atoms. The number of hydrogen-bond donors (Lipinski definition) is 0. The molecule has 0 fully saturated rings. The topological polar surface area (TPSA) is 46.1 Å². The molecule has 2 aromatic carbocycles. The first-order chi connectivity index (χ1) is 12.2. The van der Waals surface area contributed by atoms with Gasteiger partial charge >= 0.3 is 0 Å². The van der Waals surface area contributed by atoms with E-state index in [9.17, 15) is 4.79 Å². The van der Waals surface area contributed by atoms with Gasteiger partial charge in [0.1, 0.15) is 0 Å². The zero-order chi connectivity index (χ0) is 17.2. The lowest BCUT2D eigenvalue weighted by molar-refractivity contribution is 0.0787. The molecule has 4 rings (SSSR count). The van der Waals surface area contributed by atoms with Crippen LogP contribution < -0.4 is 0 Å². The molecule has 25 heavy (non-hydrogen) atoms. The van der Waals surface area contributed by atoms with E-state index in [2.05, 4.69) is 16.0 Å². The Morgan fingerprint density at radius 1 is 0.960 bits per heavy atom. The van der Waals surface area contributed by atoms with Crippen molar-refractivity contribution in [1.82, 2.24) is 14.9 Å². The molecule has 2 heterocycles. The first-order valence-electron chi connectivity index (χ1n) is 8.15. The lowest BCUT2D eigenvalue weighted by Gasteiger charge is -2.18. The number of fused-ring (bicyclic) bond motifs is 2. The molecule has 122 valence electrons. The van der Waals surface area contributed by atoms with Gasteiger partial charge < -0.3 is 4.90 Å². The summed E-state index contributed by atoms with van der Waals surface area (Å²) in [6.45, 7) is 0.507. The fourth-order valence-corrected chi connectivity index (χ4v) is 3.04. The Labute approximate surface area is 145 Å². The van der Waals surface area contributed by atoms with Crippen molar-refractivity contribution in [2.24, 2.45) is 0 Å². The van der Waals surface area contributed by atoms with E-state index in [0.29, 0.717) is 12.1 Å². The van der Waals surface area contributed by atoms with E-state index in [0.717, 1.165) is 27.4 Å². The van der Waals surface area contributed by atoms with Crippen molar-refractivity contribution in [1.29, 1.82) is 0 Å². The number of amides is 1. The summed E-state index contributed by atoms with van der Waals surface area (Å²) in [6.07, 6.45) is 3.51. The summed E-state index contributed by atoms with van der Waals surface area (Å²) in [5, 5.41) is 1.95. The zero-order valence-electron chi connectivity index (χ0n) is 13.9. The summed E-state index contributed by atoms with van der Waals surface area (Å²) in [5.41, 5.74) is 3.46. The summed E-state index contributed by atoms with van der Waals surface area (Å²) < 4.78 is 0. The molecule has 0 saturated heterocycles. The van der Waals surface area contributed by atoms with E-state index in [1.54, 1.807) is 17.2 Å². The Morgan fingerprint density at radius 2 is 1.72 bits per heavy atom. The van der Waals surface area contributed by atoms with Gasteiger partial charge in [-0.2, -0.15) is 0 Å². The van der Waals surface area contributed by atoms with Crippen molar-refractivity contribution in [3.8, 4) is 0 Å². The van der Waals surface area contributed by atoms with Crippen molar-refractivity contribution in [2.45, 2.75) is 6.54 Å². The molecule has 0 N–H and O–H groups in total. The quantitative estimate of drug-likeness (QED) is 0.570. The van der Waals surface area contributed by atoms with Gasteiger partial charge in [-0.15, -0.1) is 0 Å². The molecule has 0 aliphatic heterocycles. The summed E-state index contributed by atoms with van der Waals surface area (Å²) >= 11 is 0. The van der Waals surface area contributed by atoms with E-state index >= 15 is 0 Å². The third-order valence-corrected chi connectivity index (χ3v) is 4.29. The smallest absolute Gasteiger partial charge is 0.254 e. The van der Waals surface area contributed by atoms with Gasteiger partial charge in [0.05, 0.1) is 16.6 Å². The van der Waals surface area contributed by atoms with Crippen molar-refractivity contribution in [2.75, 3.05) is 7.05 Å². The van der Waals surface area contributed by atoms with Crippen LogP contribution in [0.3, 0.4) is 0 Å². The molecule has 4 heteroatoms. The lowest BCUT2D eigenvalue weighted by atomic mass is 10.1. The number of benzene rings is 2. The van der Waals surface area contributed by atoms with Gasteiger partial charge in [0.2, 0.25) is 0 Å². The zero-order valence-corrected chi connectivity index (χ0v) is 13.9. The number of aromatic nitrogens is 2. The maximum Gasteiger partial charge on any atom is 0.254 e. The van der Waals surface area contributed by atoms with E-state index in [4.69, 9.17) is 0 Å². The van der Waals surface area contributed by atoms with Gasteiger partial charge in [-0.3, -0.25) is 14.8 Å². The minimum atomic E-state index is -0.0215. The Bertz CT molecular complexity index is 1070. The molecule has 4 aromatic rings. The molecule has 2 aromatic heterocycles. The molecular weight excluding hydrogens is 310 g/mol. The third kappa shape index (κ3) is 2.94.